The van der Waals surface area contributed by atoms with Crippen LogP contribution in [0.5, 0.6) is 5.75 Å². The molecule has 3 heterocycles. The number of benzene rings is 2. The average molecular weight is 499 g/mol. The lowest BCUT2D eigenvalue weighted by molar-refractivity contribution is -0.0498. The molecule has 12 heteroatoms. The molecule has 1 fully saturated rings. The smallest absolute Gasteiger partial charge is 0.387 e. The van der Waals surface area contributed by atoms with Crippen LogP contribution >= 0.6 is 11.8 Å². The van der Waals surface area contributed by atoms with Crippen molar-refractivity contribution in [3.05, 3.63) is 59.9 Å². The first-order valence-corrected chi connectivity index (χ1v) is 12.3. The van der Waals surface area contributed by atoms with Crippen LogP contribution in [0.2, 0.25) is 0 Å². The topological polar surface area (TPSA) is 86.8 Å². The maximum atomic E-state index is 12.4. The standard InChI is InChI=1S/C23H24F2N8OS/c1-16-5-7-17(8-6-16)32-22(31-13-3-2-4-14-31)27-28-23(32)35-15-20-26-29-30-33(20)18-9-11-19(12-10-18)34-21(24)25/h5-12,21H,2-4,13-15H2,1H3. The molecule has 9 nitrogen and oxygen atoms in total. The Morgan fingerprint density at radius 1 is 0.914 bits per heavy atom. The van der Waals surface area contributed by atoms with E-state index in [4.69, 9.17) is 0 Å². The molecule has 0 spiro atoms. The molecular formula is C23H24F2N8OS. The molecule has 0 N–H and O–H groups in total. The zero-order chi connectivity index (χ0) is 24.2. The first-order chi connectivity index (χ1) is 17.1. The number of tetrazole rings is 1. The summed E-state index contributed by atoms with van der Waals surface area (Å²) in [4.78, 5) is 2.29. The number of piperidine rings is 1. The van der Waals surface area contributed by atoms with E-state index < -0.39 is 6.61 Å². The Bertz CT molecular complexity index is 1250. The second-order valence-electron chi connectivity index (χ2n) is 8.17. The van der Waals surface area contributed by atoms with E-state index in [0.29, 0.717) is 17.3 Å². The Labute approximate surface area is 205 Å². The van der Waals surface area contributed by atoms with Gasteiger partial charge in [-0.2, -0.15) is 13.5 Å². The third-order valence-electron chi connectivity index (χ3n) is 5.72. The minimum absolute atomic E-state index is 0.0733. The van der Waals surface area contributed by atoms with Crippen molar-refractivity contribution in [3.63, 3.8) is 0 Å². The first-order valence-electron chi connectivity index (χ1n) is 11.3. The fourth-order valence-corrected chi connectivity index (χ4v) is 4.82. The minimum Gasteiger partial charge on any atom is -0.435 e. The van der Waals surface area contributed by atoms with Gasteiger partial charge in [0.2, 0.25) is 5.95 Å². The molecule has 4 aromatic rings. The lowest BCUT2D eigenvalue weighted by Crippen LogP contribution is -2.31. The molecule has 0 saturated carbocycles. The van der Waals surface area contributed by atoms with Crippen molar-refractivity contribution >= 4 is 17.7 Å². The van der Waals surface area contributed by atoms with Crippen molar-refractivity contribution in [3.8, 4) is 17.1 Å². The highest BCUT2D eigenvalue weighted by atomic mass is 32.2. The fraction of sp³-hybridized carbons (Fsp3) is 0.348. The van der Waals surface area contributed by atoms with Gasteiger partial charge in [0, 0.05) is 13.1 Å². The lowest BCUT2D eigenvalue weighted by atomic mass is 10.1. The van der Waals surface area contributed by atoms with Gasteiger partial charge >= 0.3 is 6.61 Å². The molecule has 0 radical (unpaired) electrons. The van der Waals surface area contributed by atoms with E-state index in [9.17, 15) is 8.78 Å². The molecule has 1 aliphatic rings. The normalized spacial score (nSPS) is 14.0. The number of hydrogen-bond acceptors (Lipinski definition) is 8. The lowest BCUT2D eigenvalue weighted by Gasteiger charge is -2.27. The molecule has 0 amide bonds. The summed E-state index contributed by atoms with van der Waals surface area (Å²) in [6.45, 7) is 1.10. The van der Waals surface area contributed by atoms with Crippen LogP contribution in [0.4, 0.5) is 14.7 Å². The van der Waals surface area contributed by atoms with Crippen LogP contribution in [0.15, 0.2) is 53.7 Å². The highest BCUT2D eigenvalue weighted by Gasteiger charge is 2.22. The van der Waals surface area contributed by atoms with Crippen molar-refractivity contribution in [2.75, 3.05) is 18.0 Å². The number of aromatic nitrogens is 7. The molecule has 182 valence electrons. The van der Waals surface area contributed by atoms with E-state index in [1.165, 1.54) is 35.9 Å². The number of nitrogens with zero attached hydrogens (tertiary/aromatic N) is 8. The fourth-order valence-electron chi connectivity index (χ4n) is 3.97. The Morgan fingerprint density at radius 2 is 1.63 bits per heavy atom. The number of aryl methyl sites for hydroxylation is 1. The van der Waals surface area contributed by atoms with Gasteiger partial charge in [-0.05, 0) is 73.0 Å². The zero-order valence-electron chi connectivity index (χ0n) is 19.1. The Balaban J connectivity index is 1.39. The number of thioether (sulfide) groups is 1. The number of hydrogen-bond donors (Lipinski definition) is 0. The van der Waals surface area contributed by atoms with Gasteiger partial charge in [-0.3, -0.25) is 4.57 Å². The predicted octanol–water partition coefficient (Wildman–Crippen LogP) is 4.44. The van der Waals surface area contributed by atoms with Crippen molar-refractivity contribution in [2.45, 2.75) is 43.7 Å². The summed E-state index contributed by atoms with van der Waals surface area (Å²) >= 11 is 1.48. The third-order valence-corrected chi connectivity index (χ3v) is 6.64. The van der Waals surface area contributed by atoms with E-state index in [2.05, 4.69) is 71.1 Å². The molecule has 5 rings (SSSR count). The molecule has 0 unspecified atom stereocenters. The van der Waals surface area contributed by atoms with Crippen molar-refractivity contribution in [2.24, 2.45) is 0 Å². The van der Waals surface area contributed by atoms with Gasteiger partial charge in [0.15, 0.2) is 11.0 Å². The Morgan fingerprint density at radius 3 is 2.34 bits per heavy atom. The van der Waals surface area contributed by atoms with Crippen LogP contribution in [0.1, 0.15) is 30.7 Å². The van der Waals surface area contributed by atoms with Gasteiger partial charge in [-0.15, -0.1) is 15.3 Å². The van der Waals surface area contributed by atoms with E-state index in [1.54, 1.807) is 16.8 Å². The van der Waals surface area contributed by atoms with Gasteiger partial charge < -0.3 is 9.64 Å². The van der Waals surface area contributed by atoms with E-state index in [1.807, 2.05) is 0 Å². The van der Waals surface area contributed by atoms with E-state index in [0.717, 1.165) is 42.7 Å². The summed E-state index contributed by atoms with van der Waals surface area (Å²) in [7, 11) is 0. The molecule has 35 heavy (non-hydrogen) atoms. The monoisotopic (exact) mass is 498 g/mol. The number of alkyl halides is 2. The molecule has 0 atom stereocenters. The molecule has 2 aromatic heterocycles. The van der Waals surface area contributed by atoms with Crippen LogP contribution < -0.4 is 9.64 Å². The molecular weight excluding hydrogens is 474 g/mol. The first kappa shape index (κ1) is 23.2. The largest absolute Gasteiger partial charge is 0.435 e. The van der Waals surface area contributed by atoms with E-state index in [-0.39, 0.29) is 5.75 Å². The van der Waals surface area contributed by atoms with Crippen LogP contribution in [-0.2, 0) is 5.75 Å². The number of halogens is 2. The van der Waals surface area contributed by atoms with Crippen LogP contribution in [0.3, 0.4) is 0 Å². The molecule has 0 aliphatic carbocycles. The maximum absolute atomic E-state index is 12.4. The molecule has 0 bridgehead atoms. The van der Waals surface area contributed by atoms with Crippen molar-refractivity contribution in [1.29, 1.82) is 0 Å². The summed E-state index contributed by atoms with van der Waals surface area (Å²) < 4.78 is 32.9. The highest BCUT2D eigenvalue weighted by molar-refractivity contribution is 7.98. The number of anilines is 1. The van der Waals surface area contributed by atoms with Crippen LogP contribution in [-0.4, -0.2) is 54.7 Å². The van der Waals surface area contributed by atoms with Gasteiger partial charge in [-0.1, -0.05) is 29.5 Å². The highest BCUT2D eigenvalue weighted by Crippen LogP contribution is 2.30. The Kier molecular flexibility index (Phi) is 6.89. The molecule has 2 aromatic carbocycles. The quantitative estimate of drug-likeness (QED) is 0.330. The second kappa shape index (κ2) is 10.4. The number of rotatable bonds is 8. The molecule has 1 saturated heterocycles. The second-order valence-corrected chi connectivity index (χ2v) is 9.11. The van der Waals surface area contributed by atoms with Crippen LogP contribution in [0, 0.1) is 6.92 Å². The minimum atomic E-state index is -2.87. The average Bonchev–Trinajstić information content (AvgIpc) is 3.51. The summed E-state index contributed by atoms with van der Waals surface area (Å²) in [6, 6.07) is 14.5. The zero-order valence-corrected chi connectivity index (χ0v) is 19.9. The Hall–Kier alpha value is -3.54. The van der Waals surface area contributed by atoms with Gasteiger partial charge in [0.1, 0.15) is 5.75 Å². The predicted molar refractivity (Wildman–Crippen MR) is 128 cm³/mol. The maximum Gasteiger partial charge on any atom is 0.387 e. The summed E-state index contributed by atoms with van der Waals surface area (Å²) in [5, 5.41) is 21.8. The van der Waals surface area contributed by atoms with Gasteiger partial charge in [0.25, 0.3) is 0 Å². The third kappa shape index (κ3) is 5.26. The van der Waals surface area contributed by atoms with Gasteiger partial charge in [0.05, 0.1) is 17.1 Å². The summed E-state index contributed by atoms with van der Waals surface area (Å²) in [5.74, 6) is 1.94. The van der Waals surface area contributed by atoms with Crippen molar-refractivity contribution in [1.82, 2.24) is 35.0 Å². The number of ether oxygens (including phenoxy) is 1. The summed E-state index contributed by atoms with van der Waals surface area (Å²) in [6.07, 6.45) is 3.51. The van der Waals surface area contributed by atoms with Crippen LogP contribution in [0.25, 0.3) is 11.4 Å². The summed E-state index contributed by atoms with van der Waals surface area (Å²) in [5.41, 5.74) is 2.82. The SMILES string of the molecule is Cc1ccc(-n2c(SCc3nnnn3-c3ccc(OC(F)F)cc3)nnc2N2CCCCC2)cc1. The van der Waals surface area contributed by atoms with E-state index >= 15 is 0 Å². The molecule has 1 aliphatic heterocycles. The van der Waals surface area contributed by atoms with Crippen molar-refractivity contribution < 1.29 is 13.5 Å². The van der Waals surface area contributed by atoms with Gasteiger partial charge in [-0.25, -0.2) is 0 Å².